The number of benzene rings is 3. The lowest BCUT2D eigenvalue weighted by Gasteiger charge is -2.22. The highest BCUT2D eigenvalue weighted by Crippen LogP contribution is 2.34. The van der Waals surface area contributed by atoms with Crippen LogP contribution in [0.25, 0.3) is 23.2 Å². The molecular formula is C31H26ClF3N6O3S. The number of aromatic nitrogens is 3. The van der Waals surface area contributed by atoms with Gasteiger partial charge in [0, 0.05) is 5.56 Å². The molecule has 0 radical (unpaired) electrons. The Morgan fingerprint density at radius 3 is 2.49 bits per heavy atom. The number of halogens is 4. The van der Waals surface area contributed by atoms with Crippen molar-refractivity contribution >= 4 is 52.2 Å². The summed E-state index contributed by atoms with van der Waals surface area (Å²) in [6.45, 7) is 6.01. The van der Waals surface area contributed by atoms with E-state index in [-0.39, 0.29) is 33.7 Å². The molecule has 2 heterocycles. The molecule has 0 unspecified atom stereocenters. The highest BCUT2D eigenvalue weighted by Gasteiger charge is 2.33. The summed E-state index contributed by atoms with van der Waals surface area (Å²) in [5, 5.41) is 7.21. The Bertz CT molecular complexity index is 1790. The third-order valence-electron chi connectivity index (χ3n) is 6.53. The van der Waals surface area contributed by atoms with E-state index >= 15 is 0 Å². The van der Waals surface area contributed by atoms with Gasteiger partial charge in [-0.1, -0.05) is 73.6 Å². The van der Waals surface area contributed by atoms with Crippen molar-refractivity contribution < 1.29 is 27.5 Å². The minimum atomic E-state index is -4.77. The molecule has 1 aliphatic heterocycles. The van der Waals surface area contributed by atoms with Gasteiger partial charge in [-0.3, -0.25) is 15.0 Å². The van der Waals surface area contributed by atoms with E-state index in [1.807, 2.05) is 39.0 Å². The second-order valence-electron chi connectivity index (χ2n) is 10.2. The quantitative estimate of drug-likeness (QED) is 0.206. The summed E-state index contributed by atoms with van der Waals surface area (Å²) in [6.07, 6.45) is -1.79. The molecule has 3 aromatic carbocycles. The number of carbonyl (C=O) groups excluding carboxylic acids is 2. The average molecular weight is 655 g/mol. The third-order valence-corrected chi connectivity index (χ3v) is 7.65. The Kier molecular flexibility index (Phi) is 9.30. The molecule has 1 saturated heterocycles. The summed E-state index contributed by atoms with van der Waals surface area (Å²) in [7, 11) is 0. The van der Waals surface area contributed by atoms with E-state index < -0.39 is 12.4 Å². The minimum absolute atomic E-state index is 0.0248. The van der Waals surface area contributed by atoms with E-state index in [0.29, 0.717) is 28.3 Å². The first-order valence-electron chi connectivity index (χ1n) is 13.6. The summed E-state index contributed by atoms with van der Waals surface area (Å²) < 4.78 is 42.5. The van der Waals surface area contributed by atoms with Gasteiger partial charge in [0.05, 0.1) is 17.1 Å². The van der Waals surface area contributed by atoms with E-state index in [2.05, 4.69) is 25.1 Å². The van der Waals surface area contributed by atoms with Gasteiger partial charge in [0.1, 0.15) is 17.2 Å². The number of hydrogen-bond donors (Lipinski definition) is 1. The monoisotopic (exact) mass is 654 g/mol. The number of rotatable bonds is 7. The van der Waals surface area contributed by atoms with Crippen LogP contribution in [0.15, 0.2) is 83.2 Å². The number of carbonyl (C=O) groups is 2. The van der Waals surface area contributed by atoms with E-state index in [1.54, 1.807) is 30.3 Å². The van der Waals surface area contributed by atoms with E-state index in [4.69, 9.17) is 11.6 Å². The number of amides is 3. The SMILES string of the molecule is Cc1ccc(C(C)C)c(N2C(=O)CS/C2=N\C(=O)N/C(Cl)=C/c2ccc(-c3ncn(-c4ccc(OC(F)(F)F)cc4)n3)cc2)c1. The van der Waals surface area contributed by atoms with Crippen LogP contribution >= 0.6 is 23.4 Å². The van der Waals surface area contributed by atoms with Gasteiger partial charge < -0.3 is 4.74 Å². The highest BCUT2D eigenvalue weighted by atomic mass is 35.5. The maximum absolute atomic E-state index is 12.8. The van der Waals surface area contributed by atoms with Gasteiger partial charge in [-0.25, -0.2) is 14.5 Å². The first-order chi connectivity index (χ1) is 21.4. The number of alkyl halides is 3. The summed E-state index contributed by atoms with van der Waals surface area (Å²) in [5.74, 6) is 0.220. The minimum Gasteiger partial charge on any atom is -0.406 e. The molecule has 3 amide bonds. The van der Waals surface area contributed by atoms with Crippen LogP contribution in [0.3, 0.4) is 0 Å². The predicted octanol–water partition coefficient (Wildman–Crippen LogP) is 7.65. The van der Waals surface area contributed by atoms with Crippen molar-refractivity contribution in [3.05, 3.63) is 94.9 Å². The molecule has 1 N–H and O–H groups in total. The van der Waals surface area contributed by atoms with Gasteiger partial charge in [-0.15, -0.1) is 18.3 Å². The molecule has 9 nitrogen and oxygen atoms in total. The predicted molar refractivity (Wildman–Crippen MR) is 168 cm³/mol. The van der Waals surface area contributed by atoms with Gasteiger partial charge in [-0.05, 0) is 65.9 Å². The maximum atomic E-state index is 12.8. The van der Waals surface area contributed by atoms with Crippen LogP contribution < -0.4 is 15.0 Å². The molecule has 1 aromatic heterocycles. The summed E-state index contributed by atoms with van der Waals surface area (Å²) in [5.41, 5.74) is 4.51. The zero-order valence-electron chi connectivity index (χ0n) is 24.2. The molecule has 45 heavy (non-hydrogen) atoms. The number of anilines is 1. The average Bonchev–Trinajstić information content (AvgIpc) is 3.60. The number of nitrogens with zero attached hydrogens (tertiary/aromatic N) is 5. The Morgan fingerprint density at radius 1 is 1.11 bits per heavy atom. The molecule has 0 atom stereocenters. The van der Waals surface area contributed by atoms with Crippen molar-refractivity contribution in [3.63, 3.8) is 0 Å². The first-order valence-corrected chi connectivity index (χ1v) is 14.9. The molecule has 5 rings (SSSR count). The maximum Gasteiger partial charge on any atom is 0.573 e. The summed E-state index contributed by atoms with van der Waals surface area (Å²) >= 11 is 7.50. The lowest BCUT2D eigenvalue weighted by atomic mass is 9.99. The van der Waals surface area contributed by atoms with Crippen molar-refractivity contribution in [1.82, 2.24) is 20.1 Å². The fourth-order valence-corrected chi connectivity index (χ4v) is 5.53. The summed E-state index contributed by atoms with van der Waals surface area (Å²) in [6, 6.07) is 17.4. The van der Waals surface area contributed by atoms with Crippen LogP contribution in [0.2, 0.25) is 0 Å². The topological polar surface area (TPSA) is 102 Å². The van der Waals surface area contributed by atoms with Crippen molar-refractivity contribution in [3.8, 4) is 22.8 Å². The van der Waals surface area contributed by atoms with Crippen LogP contribution in [0, 0.1) is 6.92 Å². The summed E-state index contributed by atoms with van der Waals surface area (Å²) in [4.78, 5) is 35.4. The number of hydrogen-bond acceptors (Lipinski definition) is 6. The van der Waals surface area contributed by atoms with E-state index in [9.17, 15) is 22.8 Å². The van der Waals surface area contributed by atoms with Crippen LogP contribution in [0.5, 0.6) is 5.75 Å². The molecule has 232 valence electrons. The number of aryl methyl sites for hydroxylation is 1. The van der Waals surface area contributed by atoms with Crippen molar-refractivity contribution in [1.29, 1.82) is 0 Å². The molecule has 4 aromatic rings. The zero-order valence-corrected chi connectivity index (χ0v) is 25.7. The number of aliphatic imine (C=N–C) groups is 1. The molecule has 0 saturated carbocycles. The van der Waals surface area contributed by atoms with Gasteiger partial charge >= 0.3 is 12.4 Å². The second kappa shape index (κ2) is 13.2. The molecule has 0 spiro atoms. The van der Waals surface area contributed by atoms with E-state index in [0.717, 1.165) is 11.1 Å². The molecule has 1 fully saturated rings. The Labute approximate surface area is 265 Å². The molecule has 0 bridgehead atoms. The normalized spacial score (nSPS) is 14.8. The highest BCUT2D eigenvalue weighted by molar-refractivity contribution is 8.15. The fourth-order valence-electron chi connectivity index (χ4n) is 4.47. The lowest BCUT2D eigenvalue weighted by molar-refractivity contribution is -0.274. The van der Waals surface area contributed by atoms with E-state index in [1.165, 1.54) is 51.9 Å². The second-order valence-corrected chi connectivity index (χ2v) is 11.6. The van der Waals surface area contributed by atoms with Crippen LogP contribution in [0.1, 0.15) is 36.5 Å². The number of thioether (sulfide) groups is 1. The first kappa shape index (κ1) is 31.8. The van der Waals surface area contributed by atoms with Crippen molar-refractivity contribution in [2.24, 2.45) is 4.99 Å². The molecular weight excluding hydrogens is 629 g/mol. The number of urea groups is 1. The number of amidine groups is 1. The Hall–Kier alpha value is -4.62. The van der Waals surface area contributed by atoms with Gasteiger partial charge in [0.15, 0.2) is 11.0 Å². The number of ether oxygens (including phenoxy) is 1. The lowest BCUT2D eigenvalue weighted by Crippen LogP contribution is -2.32. The third kappa shape index (κ3) is 7.91. The van der Waals surface area contributed by atoms with Gasteiger partial charge in [0.25, 0.3) is 0 Å². The van der Waals surface area contributed by atoms with Crippen LogP contribution in [-0.4, -0.2) is 44.0 Å². The molecule has 0 aliphatic carbocycles. The van der Waals surface area contributed by atoms with Crippen LogP contribution in [-0.2, 0) is 4.79 Å². The molecule has 14 heteroatoms. The zero-order chi connectivity index (χ0) is 32.3. The number of nitrogens with one attached hydrogen (secondary N) is 1. The Balaban J connectivity index is 1.25. The van der Waals surface area contributed by atoms with Gasteiger partial charge in [-0.2, -0.15) is 4.99 Å². The molecule has 1 aliphatic rings. The van der Waals surface area contributed by atoms with Crippen LogP contribution in [0.4, 0.5) is 23.7 Å². The van der Waals surface area contributed by atoms with Gasteiger partial charge in [0.2, 0.25) is 5.91 Å². The standard InChI is InChI=1S/C31H26ClF3N6O3S/c1-18(2)24-13-4-19(3)14-25(24)41-27(42)16-45-30(41)38-29(43)37-26(32)15-20-5-7-21(8-6-20)28-36-17-40(39-28)22-9-11-23(12-10-22)44-31(33,34)35/h4-15,17-18H,16H2,1-3H3,(H,37,43)/b26-15+,38-30-. The smallest absolute Gasteiger partial charge is 0.406 e. The van der Waals surface area contributed by atoms with Crippen molar-refractivity contribution in [2.75, 3.05) is 10.7 Å². The Morgan fingerprint density at radius 2 is 1.82 bits per heavy atom. The largest absolute Gasteiger partial charge is 0.573 e. The fraction of sp³-hybridized carbons (Fsp3) is 0.194. The van der Waals surface area contributed by atoms with Crippen molar-refractivity contribution in [2.45, 2.75) is 33.1 Å².